The van der Waals surface area contributed by atoms with E-state index in [1.165, 1.54) is 16.7 Å². The van der Waals surface area contributed by atoms with Crippen molar-refractivity contribution in [3.8, 4) is 0 Å². The minimum absolute atomic E-state index is 0.0153. The maximum Gasteiger partial charge on any atom is 0.309 e. The second-order valence-corrected chi connectivity index (χ2v) is 19.5. The Labute approximate surface area is 384 Å². The van der Waals surface area contributed by atoms with E-state index in [9.17, 15) is 29.4 Å². The number of benzene rings is 3. The van der Waals surface area contributed by atoms with Crippen LogP contribution in [0.4, 0.5) is 17.1 Å². The number of amides is 2. The number of hydrogen-bond acceptors (Lipinski definition) is 9. The molecular formula is C49H58N5O6S3+. The maximum atomic E-state index is 13.6. The number of thioether (sulfide) groups is 2. The zero-order valence-corrected chi connectivity index (χ0v) is 39.1. The fraction of sp³-hybridized carbons (Fsp3) is 0.367. The largest absolute Gasteiger partial charge is 0.481 e. The first-order valence-corrected chi connectivity index (χ1v) is 23.7. The van der Waals surface area contributed by atoms with Crippen molar-refractivity contribution in [2.45, 2.75) is 83.6 Å². The van der Waals surface area contributed by atoms with Gasteiger partial charge < -0.3 is 30.6 Å². The average molecular weight is 909 g/mol. The van der Waals surface area contributed by atoms with E-state index in [1.54, 1.807) is 17.8 Å². The fourth-order valence-electron chi connectivity index (χ4n) is 8.75. The minimum Gasteiger partial charge on any atom is -0.481 e. The smallest absolute Gasteiger partial charge is 0.309 e. The van der Waals surface area contributed by atoms with Gasteiger partial charge in [-0.05, 0) is 67.5 Å². The number of fused-ring (bicyclic) bond motifs is 3. The monoisotopic (exact) mass is 908 g/mol. The van der Waals surface area contributed by atoms with E-state index in [1.807, 2.05) is 53.9 Å². The molecule has 0 bridgehead atoms. The highest BCUT2D eigenvalue weighted by molar-refractivity contribution is 8.26. The summed E-state index contributed by atoms with van der Waals surface area (Å²) in [6, 6.07) is 18.5. The quantitative estimate of drug-likeness (QED) is 0.0396. The van der Waals surface area contributed by atoms with Gasteiger partial charge in [-0.25, -0.2) is 0 Å². The van der Waals surface area contributed by atoms with E-state index >= 15 is 0 Å². The zero-order chi connectivity index (χ0) is 45.5. The van der Waals surface area contributed by atoms with Crippen LogP contribution in [0.1, 0.15) is 77.8 Å². The van der Waals surface area contributed by atoms with Crippen molar-refractivity contribution in [2.24, 2.45) is 0 Å². The molecule has 63 heavy (non-hydrogen) atoms. The first-order chi connectivity index (χ1) is 30.1. The molecule has 0 spiro atoms. The molecule has 2 amide bonds. The Morgan fingerprint density at radius 3 is 2.49 bits per heavy atom. The summed E-state index contributed by atoms with van der Waals surface area (Å²) in [6.45, 7) is 16.1. The van der Waals surface area contributed by atoms with E-state index in [0.29, 0.717) is 46.9 Å². The van der Waals surface area contributed by atoms with Gasteiger partial charge in [-0.2, -0.15) is 0 Å². The van der Waals surface area contributed by atoms with Crippen LogP contribution in [-0.2, 0) is 30.0 Å². The van der Waals surface area contributed by atoms with Crippen molar-refractivity contribution in [3.05, 3.63) is 124 Å². The van der Waals surface area contributed by atoms with Crippen LogP contribution < -0.4 is 15.5 Å². The lowest BCUT2D eigenvalue weighted by atomic mass is 9.75. The lowest BCUT2D eigenvalue weighted by Crippen LogP contribution is -2.79. The second kappa shape index (κ2) is 20.6. The number of nitrogens with two attached hydrogens (primary N) is 1. The number of thiocarbonyl (C=S) groups is 1. The molecule has 3 aliphatic heterocycles. The number of rotatable bonds is 19. The highest BCUT2D eigenvalue weighted by Gasteiger charge is 2.41. The van der Waals surface area contributed by atoms with Crippen LogP contribution in [0.5, 0.6) is 0 Å². The first kappa shape index (κ1) is 47.3. The normalized spacial score (nSPS) is 20.1. The number of carbonyl (C=O) groups is 4. The van der Waals surface area contributed by atoms with Crippen LogP contribution in [0.3, 0.4) is 0 Å². The van der Waals surface area contributed by atoms with Crippen LogP contribution in [0, 0.1) is 0 Å². The Hall–Kier alpha value is -5.15. The molecule has 2 saturated heterocycles. The summed E-state index contributed by atoms with van der Waals surface area (Å²) in [5, 5.41) is 27.3. The fourth-order valence-corrected chi connectivity index (χ4v) is 11.3. The van der Waals surface area contributed by atoms with Gasteiger partial charge in [0.1, 0.15) is 16.6 Å². The standard InChI is InChI=1S/C49H57N5O6S3/c1-7-25-49(6,26-13-12-16-40-48(4,5)36-19-17-32-14-10-11-15-35(32)45(36)53(40)28-24-44(58)59)37-29-33(18-20-38(37)50-27-23-43(56)57)51-41(55)30-54-46(60)39(63-47(54)61)21-22-42-52(9-3)34(8-2)31-62-42/h7,10-22,29,34,50H,1,8-9,23-28,30-31H2,2-6H3,(H,51,55)(H,56,57)(H,58,59)/p+1. The van der Waals surface area contributed by atoms with E-state index in [-0.39, 0.29) is 25.3 Å². The third-order valence-corrected chi connectivity index (χ3v) is 14.7. The van der Waals surface area contributed by atoms with Gasteiger partial charge in [0.15, 0.2) is 0 Å². The highest BCUT2D eigenvalue weighted by atomic mass is 32.2. The lowest BCUT2D eigenvalue weighted by Gasteiger charge is -2.30. The number of aliphatic carboxylic acids is 2. The molecule has 2 unspecified atom stereocenters. The van der Waals surface area contributed by atoms with Gasteiger partial charge in [-0.15, -0.1) is 18.3 Å². The van der Waals surface area contributed by atoms with Crippen molar-refractivity contribution in [2.75, 3.05) is 42.1 Å². The van der Waals surface area contributed by atoms with Gasteiger partial charge in [0.05, 0.1) is 35.0 Å². The molecule has 14 heteroatoms. The summed E-state index contributed by atoms with van der Waals surface area (Å²) >= 11 is 8.54. The lowest BCUT2D eigenvalue weighted by molar-refractivity contribution is -0.571. The molecular weight excluding hydrogens is 851 g/mol. The molecule has 3 aromatic carbocycles. The van der Waals surface area contributed by atoms with Crippen molar-refractivity contribution >= 4 is 91.6 Å². The van der Waals surface area contributed by atoms with Gasteiger partial charge in [-0.3, -0.25) is 24.1 Å². The molecule has 0 aromatic heterocycles. The topological polar surface area (TPSA) is 147 Å². The van der Waals surface area contributed by atoms with Crippen LogP contribution in [0.25, 0.3) is 10.8 Å². The van der Waals surface area contributed by atoms with Crippen LogP contribution in [-0.4, -0.2) is 86.1 Å². The van der Waals surface area contributed by atoms with Crippen LogP contribution in [0.2, 0.25) is 0 Å². The SMILES string of the molecule is C=CCC(C)(CC=CC=C1N(CCC(=O)O)c2c(ccc3ccccc23)C1(C)C)c1cc(NC(=O)CN2C(=O)C(=CC=C3SCC(CC)N3CC)SC2=S)ccc1[NH2+]CCC(=O)O. The number of carboxylic acid groups (broad SMARTS) is 2. The Balaban J connectivity index is 1.24. The first-order valence-electron chi connectivity index (χ1n) is 21.5. The molecule has 332 valence electrons. The van der Waals surface area contributed by atoms with E-state index in [0.717, 1.165) is 62.7 Å². The number of carbonyl (C=O) groups excluding carboxylic acids is 2. The number of quaternary nitrogens is 1. The molecule has 3 aliphatic rings. The number of nitrogens with one attached hydrogen (secondary N) is 1. The summed E-state index contributed by atoms with van der Waals surface area (Å²) in [4.78, 5) is 56.7. The summed E-state index contributed by atoms with van der Waals surface area (Å²) < 4.78 is 0.324. The molecule has 6 rings (SSSR count). The number of nitrogens with zero attached hydrogens (tertiary/aromatic N) is 3. The number of allylic oxidation sites excluding steroid dienone is 7. The predicted octanol–water partition coefficient (Wildman–Crippen LogP) is 8.82. The molecule has 3 heterocycles. The van der Waals surface area contributed by atoms with Gasteiger partial charge in [-0.1, -0.05) is 106 Å². The van der Waals surface area contributed by atoms with Crippen molar-refractivity contribution in [3.63, 3.8) is 0 Å². The molecule has 3 aromatic rings. The van der Waals surface area contributed by atoms with Gasteiger partial charge in [0.25, 0.3) is 5.91 Å². The number of hydrogen-bond donors (Lipinski definition) is 4. The summed E-state index contributed by atoms with van der Waals surface area (Å²) in [5.41, 5.74) is 4.54. The zero-order valence-electron chi connectivity index (χ0n) is 36.7. The van der Waals surface area contributed by atoms with Crippen LogP contribution in [0.15, 0.2) is 113 Å². The summed E-state index contributed by atoms with van der Waals surface area (Å²) in [7, 11) is 0. The van der Waals surface area contributed by atoms with Crippen molar-refractivity contribution in [1.82, 2.24) is 9.80 Å². The van der Waals surface area contributed by atoms with E-state index < -0.39 is 28.7 Å². The molecule has 2 fully saturated rings. The molecule has 11 nitrogen and oxygen atoms in total. The Morgan fingerprint density at radius 1 is 1.02 bits per heavy atom. The third-order valence-electron chi connectivity index (χ3n) is 12.1. The number of carboxylic acids is 2. The molecule has 5 N–H and O–H groups in total. The van der Waals surface area contributed by atoms with Crippen molar-refractivity contribution in [1.29, 1.82) is 0 Å². The molecule has 0 saturated carbocycles. The minimum atomic E-state index is -0.892. The van der Waals surface area contributed by atoms with E-state index in [4.69, 9.17) is 12.2 Å². The molecule has 0 aliphatic carbocycles. The van der Waals surface area contributed by atoms with Gasteiger partial charge >= 0.3 is 11.9 Å². The highest BCUT2D eigenvalue weighted by Crippen LogP contribution is 2.51. The average Bonchev–Trinajstić information content (AvgIpc) is 3.85. The van der Waals surface area contributed by atoms with Crippen LogP contribution >= 0.6 is 35.7 Å². The predicted molar refractivity (Wildman–Crippen MR) is 261 cm³/mol. The summed E-state index contributed by atoms with van der Waals surface area (Å²) in [6.07, 6.45) is 14.0. The third kappa shape index (κ3) is 10.6. The summed E-state index contributed by atoms with van der Waals surface area (Å²) in [5.74, 6) is -1.44. The Morgan fingerprint density at radius 2 is 1.78 bits per heavy atom. The van der Waals surface area contributed by atoms with E-state index in [2.05, 4.69) is 92.7 Å². The Kier molecular flexibility index (Phi) is 15.5. The molecule has 0 radical (unpaired) electrons. The maximum absolute atomic E-state index is 13.6. The van der Waals surface area contributed by atoms with Gasteiger partial charge in [0.2, 0.25) is 5.91 Å². The number of anilines is 2. The molecule has 2 atom stereocenters. The van der Waals surface area contributed by atoms with Crippen molar-refractivity contribution < 1.29 is 34.7 Å². The Bertz CT molecular complexity index is 2420. The van der Waals surface area contributed by atoms with Gasteiger partial charge in [0, 0.05) is 64.1 Å². The second-order valence-electron chi connectivity index (χ2n) is 16.8.